The van der Waals surface area contributed by atoms with E-state index >= 15 is 0 Å². The number of benzene rings is 1. The van der Waals surface area contributed by atoms with E-state index in [1.807, 2.05) is 24.3 Å². The smallest absolute Gasteiger partial charge is 0.433 e. The molecule has 21 heavy (non-hydrogen) atoms. The number of hydrogen-bond donors (Lipinski definition) is 0. The molecule has 0 aliphatic rings. The van der Waals surface area contributed by atoms with E-state index in [0.29, 0.717) is 0 Å². The normalized spacial score (nSPS) is 10.2. The summed E-state index contributed by atoms with van der Waals surface area (Å²) in [6.07, 6.45) is 8.05. The lowest BCUT2D eigenvalue weighted by Crippen LogP contribution is -1.95. The van der Waals surface area contributed by atoms with Crippen LogP contribution in [0.15, 0.2) is 29.3 Å². The average molecular weight is 285 g/mol. The van der Waals surface area contributed by atoms with Gasteiger partial charge in [0.1, 0.15) is 0 Å². The van der Waals surface area contributed by atoms with E-state index < -0.39 is 6.09 Å². The van der Waals surface area contributed by atoms with Crippen LogP contribution >= 0.6 is 0 Å². The van der Waals surface area contributed by atoms with Crippen molar-refractivity contribution in [2.75, 3.05) is 7.11 Å². The molecule has 0 saturated carbocycles. The summed E-state index contributed by atoms with van der Waals surface area (Å²) in [7, 11) is 1.31. The Balaban J connectivity index is 2.55. The van der Waals surface area contributed by atoms with Crippen LogP contribution in [0.5, 0.6) is 0 Å². The SMILES string of the molecule is CCCCCCCC#Cc1ccccc1/C=N/C(=O)OC. The van der Waals surface area contributed by atoms with Gasteiger partial charge in [-0.3, -0.25) is 0 Å². The van der Waals surface area contributed by atoms with Crippen molar-refractivity contribution in [1.29, 1.82) is 0 Å². The molecule has 1 amide bonds. The third-order valence-electron chi connectivity index (χ3n) is 3.07. The number of ether oxygens (including phenoxy) is 1. The Morgan fingerprint density at radius 1 is 1.24 bits per heavy atom. The molecule has 1 aromatic carbocycles. The van der Waals surface area contributed by atoms with Gasteiger partial charge >= 0.3 is 6.09 Å². The van der Waals surface area contributed by atoms with Crippen LogP contribution in [0.4, 0.5) is 4.79 Å². The minimum atomic E-state index is -0.603. The molecule has 0 bridgehead atoms. The van der Waals surface area contributed by atoms with Gasteiger partial charge in [0.05, 0.1) is 7.11 Å². The molecule has 0 fully saturated rings. The van der Waals surface area contributed by atoms with Crippen LogP contribution in [0.2, 0.25) is 0 Å². The minimum Gasteiger partial charge on any atom is -0.451 e. The van der Waals surface area contributed by atoms with Crippen LogP contribution in [0.25, 0.3) is 0 Å². The van der Waals surface area contributed by atoms with Gasteiger partial charge in [-0.15, -0.1) is 0 Å². The highest BCUT2D eigenvalue weighted by molar-refractivity contribution is 5.90. The predicted molar refractivity (Wildman–Crippen MR) is 86.7 cm³/mol. The van der Waals surface area contributed by atoms with E-state index in [1.54, 1.807) is 0 Å². The fourth-order valence-corrected chi connectivity index (χ4v) is 1.87. The summed E-state index contributed by atoms with van der Waals surface area (Å²) < 4.78 is 4.48. The van der Waals surface area contributed by atoms with Crippen LogP contribution in [0.3, 0.4) is 0 Å². The Morgan fingerprint density at radius 3 is 2.76 bits per heavy atom. The number of amides is 1. The van der Waals surface area contributed by atoms with Gasteiger partial charge < -0.3 is 4.74 Å². The van der Waals surface area contributed by atoms with E-state index in [0.717, 1.165) is 24.0 Å². The van der Waals surface area contributed by atoms with Crippen molar-refractivity contribution in [1.82, 2.24) is 0 Å². The van der Waals surface area contributed by atoms with Crippen molar-refractivity contribution >= 4 is 12.3 Å². The van der Waals surface area contributed by atoms with Crippen LogP contribution in [0, 0.1) is 11.8 Å². The standard InChI is InChI=1S/C18H23NO2/c1-3-4-5-6-7-8-9-12-16-13-10-11-14-17(16)15-19-18(20)21-2/h10-11,13-15H,3-8H2,1-2H3/b19-15+. The van der Waals surface area contributed by atoms with Crippen molar-refractivity contribution in [3.63, 3.8) is 0 Å². The highest BCUT2D eigenvalue weighted by Gasteiger charge is 1.97. The van der Waals surface area contributed by atoms with Gasteiger partial charge in [0, 0.05) is 23.8 Å². The third-order valence-corrected chi connectivity index (χ3v) is 3.07. The Kier molecular flexibility index (Phi) is 8.63. The maximum atomic E-state index is 11.0. The van der Waals surface area contributed by atoms with E-state index in [9.17, 15) is 4.79 Å². The molecule has 0 saturated heterocycles. The zero-order valence-corrected chi connectivity index (χ0v) is 12.9. The molecule has 0 N–H and O–H groups in total. The molecule has 0 radical (unpaired) electrons. The molecule has 3 nitrogen and oxygen atoms in total. The number of carbonyl (C=O) groups is 1. The average Bonchev–Trinajstić information content (AvgIpc) is 2.52. The number of rotatable bonds is 6. The minimum absolute atomic E-state index is 0.603. The molecule has 0 atom stereocenters. The summed E-state index contributed by atoms with van der Waals surface area (Å²) in [5.74, 6) is 6.35. The Hall–Kier alpha value is -2.08. The van der Waals surface area contributed by atoms with E-state index in [1.165, 1.54) is 39.0 Å². The number of hydrogen-bond acceptors (Lipinski definition) is 2. The van der Waals surface area contributed by atoms with Gasteiger partial charge in [0.25, 0.3) is 0 Å². The maximum absolute atomic E-state index is 11.0. The van der Waals surface area contributed by atoms with Gasteiger partial charge in [0.15, 0.2) is 0 Å². The predicted octanol–water partition coefficient (Wildman–Crippen LogP) is 4.58. The van der Waals surface area contributed by atoms with Crippen molar-refractivity contribution in [3.8, 4) is 11.8 Å². The van der Waals surface area contributed by atoms with E-state index in [-0.39, 0.29) is 0 Å². The van der Waals surface area contributed by atoms with Crippen LogP contribution in [-0.4, -0.2) is 19.4 Å². The Bertz CT molecular complexity index is 524. The summed E-state index contributed by atoms with van der Waals surface area (Å²) >= 11 is 0. The van der Waals surface area contributed by atoms with Crippen molar-refractivity contribution in [2.45, 2.75) is 45.4 Å². The van der Waals surface area contributed by atoms with Gasteiger partial charge in [-0.1, -0.05) is 62.6 Å². The molecule has 1 rings (SSSR count). The number of aliphatic imine (C=N–C) groups is 1. The summed E-state index contributed by atoms with van der Waals surface area (Å²) in [6, 6.07) is 7.65. The van der Waals surface area contributed by atoms with Crippen LogP contribution < -0.4 is 0 Å². The maximum Gasteiger partial charge on any atom is 0.433 e. The first-order chi connectivity index (χ1) is 10.3. The fourth-order valence-electron chi connectivity index (χ4n) is 1.87. The van der Waals surface area contributed by atoms with Gasteiger partial charge in [0.2, 0.25) is 0 Å². The number of unbranched alkanes of at least 4 members (excludes halogenated alkanes) is 5. The zero-order chi connectivity index (χ0) is 15.3. The topological polar surface area (TPSA) is 38.7 Å². The van der Waals surface area contributed by atoms with Gasteiger partial charge in [-0.2, -0.15) is 4.99 Å². The number of nitrogens with zero attached hydrogens (tertiary/aromatic N) is 1. The molecule has 3 heteroatoms. The lowest BCUT2D eigenvalue weighted by Gasteiger charge is -1.97. The second-order valence-electron chi connectivity index (χ2n) is 4.78. The molecular formula is C18H23NO2. The Morgan fingerprint density at radius 2 is 2.00 bits per heavy atom. The molecule has 0 aliphatic carbocycles. The fraction of sp³-hybridized carbons (Fsp3) is 0.444. The summed E-state index contributed by atoms with van der Waals surface area (Å²) in [5.41, 5.74) is 1.72. The van der Waals surface area contributed by atoms with Crippen molar-refractivity contribution in [2.24, 2.45) is 4.99 Å². The summed E-state index contributed by atoms with van der Waals surface area (Å²) in [4.78, 5) is 14.7. The second kappa shape index (κ2) is 10.7. The summed E-state index contributed by atoms with van der Waals surface area (Å²) in [6.45, 7) is 2.21. The monoisotopic (exact) mass is 285 g/mol. The number of carbonyl (C=O) groups excluding carboxylic acids is 1. The van der Waals surface area contributed by atoms with Crippen molar-refractivity contribution in [3.05, 3.63) is 35.4 Å². The Labute approximate surface area is 127 Å². The lowest BCUT2D eigenvalue weighted by atomic mass is 10.1. The van der Waals surface area contributed by atoms with Crippen LogP contribution in [-0.2, 0) is 4.74 Å². The largest absolute Gasteiger partial charge is 0.451 e. The summed E-state index contributed by atoms with van der Waals surface area (Å²) in [5, 5.41) is 0. The molecular weight excluding hydrogens is 262 g/mol. The molecule has 112 valence electrons. The van der Waals surface area contributed by atoms with Crippen LogP contribution in [0.1, 0.15) is 56.6 Å². The van der Waals surface area contributed by atoms with E-state index in [2.05, 4.69) is 28.5 Å². The lowest BCUT2D eigenvalue weighted by molar-refractivity contribution is 0.183. The second-order valence-corrected chi connectivity index (χ2v) is 4.78. The zero-order valence-electron chi connectivity index (χ0n) is 12.9. The molecule has 1 aromatic rings. The molecule has 0 aliphatic heterocycles. The van der Waals surface area contributed by atoms with Gasteiger partial charge in [-0.05, 0) is 12.5 Å². The first-order valence-corrected chi connectivity index (χ1v) is 7.47. The first kappa shape index (κ1) is 17.0. The molecule has 0 unspecified atom stereocenters. The number of methoxy groups -OCH3 is 1. The molecule has 0 heterocycles. The van der Waals surface area contributed by atoms with E-state index in [4.69, 9.17) is 0 Å². The van der Waals surface area contributed by atoms with Gasteiger partial charge in [-0.25, -0.2) is 4.79 Å². The highest BCUT2D eigenvalue weighted by atomic mass is 16.5. The van der Waals surface area contributed by atoms with Crippen molar-refractivity contribution < 1.29 is 9.53 Å². The molecule has 0 aromatic heterocycles. The first-order valence-electron chi connectivity index (χ1n) is 7.47. The quantitative estimate of drug-likeness (QED) is 0.436. The molecule has 0 spiro atoms. The highest BCUT2D eigenvalue weighted by Crippen LogP contribution is 2.07. The third kappa shape index (κ3) is 7.31.